The van der Waals surface area contributed by atoms with Crippen molar-refractivity contribution in [3.8, 4) is 11.5 Å². The maximum atomic E-state index is 6.00. The van der Waals surface area contributed by atoms with Gasteiger partial charge in [0.2, 0.25) is 0 Å². The molecule has 2 rings (SSSR count). The SMILES string of the molecule is CCc1ccc(Oc2ccc(Cl)cc2CCN)cc1. The van der Waals surface area contributed by atoms with Crippen LogP contribution in [0.3, 0.4) is 0 Å². The number of halogens is 1. The zero-order chi connectivity index (χ0) is 13.7. The lowest BCUT2D eigenvalue weighted by Gasteiger charge is -2.11. The van der Waals surface area contributed by atoms with E-state index < -0.39 is 0 Å². The molecule has 0 bridgehead atoms. The maximum absolute atomic E-state index is 6.00. The van der Waals surface area contributed by atoms with Gasteiger partial charge in [-0.05, 0) is 60.8 Å². The molecule has 19 heavy (non-hydrogen) atoms. The molecule has 2 N–H and O–H groups in total. The predicted molar refractivity (Wildman–Crippen MR) is 80.1 cm³/mol. The van der Waals surface area contributed by atoms with E-state index in [0.29, 0.717) is 11.6 Å². The van der Waals surface area contributed by atoms with Gasteiger partial charge < -0.3 is 10.5 Å². The van der Waals surface area contributed by atoms with Crippen molar-refractivity contribution in [2.24, 2.45) is 5.73 Å². The fraction of sp³-hybridized carbons (Fsp3) is 0.250. The number of ether oxygens (including phenoxy) is 1. The summed E-state index contributed by atoms with van der Waals surface area (Å²) in [5.41, 5.74) is 7.95. The highest BCUT2D eigenvalue weighted by atomic mass is 35.5. The Hall–Kier alpha value is -1.51. The Labute approximate surface area is 119 Å². The van der Waals surface area contributed by atoms with Crippen molar-refractivity contribution in [3.05, 3.63) is 58.6 Å². The predicted octanol–water partition coefficient (Wildman–Crippen LogP) is 4.20. The van der Waals surface area contributed by atoms with Gasteiger partial charge in [-0.3, -0.25) is 0 Å². The minimum Gasteiger partial charge on any atom is -0.457 e. The average molecular weight is 276 g/mol. The normalized spacial score (nSPS) is 10.5. The molecule has 0 unspecified atom stereocenters. The third kappa shape index (κ3) is 3.72. The molecule has 2 nitrogen and oxygen atoms in total. The van der Waals surface area contributed by atoms with Crippen molar-refractivity contribution in [1.82, 2.24) is 0 Å². The first-order valence-corrected chi connectivity index (χ1v) is 6.86. The van der Waals surface area contributed by atoms with E-state index in [9.17, 15) is 0 Å². The Balaban J connectivity index is 2.21. The molecule has 2 aromatic carbocycles. The standard InChI is InChI=1S/C16H18ClNO/c1-2-12-3-6-15(7-4-12)19-16-8-5-14(17)11-13(16)9-10-18/h3-8,11H,2,9-10,18H2,1H3. The minimum atomic E-state index is 0.575. The second-order valence-electron chi connectivity index (χ2n) is 4.39. The van der Waals surface area contributed by atoms with Crippen LogP contribution >= 0.6 is 11.6 Å². The molecule has 2 aromatic rings. The van der Waals surface area contributed by atoms with Crippen LogP contribution in [-0.4, -0.2) is 6.54 Å². The van der Waals surface area contributed by atoms with E-state index in [2.05, 4.69) is 19.1 Å². The van der Waals surface area contributed by atoms with Crippen molar-refractivity contribution >= 4 is 11.6 Å². The molecule has 0 spiro atoms. The van der Waals surface area contributed by atoms with Gasteiger partial charge in [-0.25, -0.2) is 0 Å². The molecule has 0 amide bonds. The molecule has 0 saturated carbocycles. The number of benzene rings is 2. The van der Waals surface area contributed by atoms with Crippen LogP contribution in [0.25, 0.3) is 0 Å². The van der Waals surface area contributed by atoms with Crippen molar-refractivity contribution in [1.29, 1.82) is 0 Å². The monoisotopic (exact) mass is 275 g/mol. The Kier molecular flexibility index (Phi) is 4.83. The quantitative estimate of drug-likeness (QED) is 0.888. The van der Waals surface area contributed by atoms with E-state index in [1.165, 1.54) is 5.56 Å². The summed E-state index contributed by atoms with van der Waals surface area (Å²) in [5, 5.41) is 0.706. The first-order valence-electron chi connectivity index (χ1n) is 6.48. The Bertz CT molecular complexity index is 537. The summed E-state index contributed by atoms with van der Waals surface area (Å²) in [6, 6.07) is 13.8. The molecule has 100 valence electrons. The number of nitrogens with two attached hydrogens (primary N) is 1. The maximum Gasteiger partial charge on any atom is 0.130 e. The van der Waals surface area contributed by atoms with E-state index in [1.54, 1.807) is 0 Å². The summed E-state index contributed by atoms with van der Waals surface area (Å²) in [6.07, 6.45) is 1.78. The molecule has 0 fully saturated rings. The van der Waals surface area contributed by atoms with Crippen LogP contribution in [-0.2, 0) is 12.8 Å². The molecular formula is C16H18ClNO. The summed E-state index contributed by atoms with van der Waals surface area (Å²) in [7, 11) is 0. The topological polar surface area (TPSA) is 35.2 Å². The zero-order valence-corrected chi connectivity index (χ0v) is 11.8. The number of rotatable bonds is 5. The van der Waals surface area contributed by atoms with Gasteiger partial charge in [-0.1, -0.05) is 30.7 Å². The molecule has 0 atom stereocenters. The largest absolute Gasteiger partial charge is 0.457 e. The van der Waals surface area contributed by atoms with Gasteiger partial charge in [0.05, 0.1) is 0 Å². The van der Waals surface area contributed by atoms with E-state index in [1.807, 2.05) is 30.3 Å². The zero-order valence-electron chi connectivity index (χ0n) is 11.0. The van der Waals surface area contributed by atoms with Crippen molar-refractivity contribution in [2.45, 2.75) is 19.8 Å². The third-order valence-electron chi connectivity index (χ3n) is 3.00. The highest BCUT2D eigenvalue weighted by Gasteiger charge is 2.05. The van der Waals surface area contributed by atoms with E-state index >= 15 is 0 Å². The van der Waals surface area contributed by atoms with Crippen LogP contribution in [0.4, 0.5) is 0 Å². The first-order chi connectivity index (χ1) is 9.22. The van der Waals surface area contributed by atoms with Crippen LogP contribution in [0.15, 0.2) is 42.5 Å². The Morgan fingerprint density at radius 2 is 1.84 bits per heavy atom. The van der Waals surface area contributed by atoms with Crippen LogP contribution in [0.1, 0.15) is 18.1 Å². The van der Waals surface area contributed by atoms with Crippen molar-refractivity contribution < 1.29 is 4.74 Å². The van der Waals surface area contributed by atoms with Crippen LogP contribution in [0.5, 0.6) is 11.5 Å². The van der Waals surface area contributed by atoms with E-state index in [4.69, 9.17) is 22.1 Å². The number of hydrogen-bond acceptors (Lipinski definition) is 2. The molecule has 0 aromatic heterocycles. The molecule has 0 aliphatic heterocycles. The van der Waals surface area contributed by atoms with Gasteiger partial charge in [0.1, 0.15) is 11.5 Å². The summed E-state index contributed by atoms with van der Waals surface area (Å²) in [5.74, 6) is 1.65. The smallest absolute Gasteiger partial charge is 0.130 e. The third-order valence-corrected chi connectivity index (χ3v) is 3.23. The van der Waals surface area contributed by atoms with Crippen LogP contribution in [0.2, 0.25) is 5.02 Å². The van der Waals surface area contributed by atoms with E-state index in [0.717, 1.165) is 29.9 Å². The molecule has 0 aliphatic rings. The number of aryl methyl sites for hydroxylation is 1. The van der Waals surface area contributed by atoms with Gasteiger partial charge >= 0.3 is 0 Å². The van der Waals surface area contributed by atoms with Gasteiger partial charge in [-0.15, -0.1) is 0 Å². The van der Waals surface area contributed by atoms with Crippen molar-refractivity contribution in [3.63, 3.8) is 0 Å². The molecule has 0 saturated heterocycles. The molecule has 0 aliphatic carbocycles. The lowest BCUT2D eigenvalue weighted by atomic mass is 10.1. The van der Waals surface area contributed by atoms with Gasteiger partial charge in [-0.2, -0.15) is 0 Å². The lowest BCUT2D eigenvalue weighted by molar-refractivity contribution is 0.476. The minimum absolute atomic E-state index is 0.575. The van der Waals surface area contributed by atoms with E-state index in [-0.39, 0.29) is 0 Å². The fourth-order valence-electron chi connectivity index (χ4n) is 1.92. The highest BCUT2D eigenvalue weighted by Crippen LogP contribution is 2.28. The Morgan fingerprint density at radius 3 is 2.47 bits per heavy atom. The average Bonchev–Trinajstić information content (AvgIpc) is 2.43. The second-order valence-corrected chi connectivity index (χ2v) is 4.83. The van der Waals surface area contributed by atoms with Crippen molar-refractivity contribution in [2.75, 3.05) is 6.54 Å². The summed E-state index contributed by atoms with van der Waals surface area (Å²) in [6.45, 7) is 2.71. The highest BCUT2D eigenvalue weighted by molar-refractivity contribution is 6.30. The summed E-state index contributed by atoms with van der Waals surface area (Å²) < 4.78 is 5.90. The van der Waals surface area contributed by atoms with Gasteiger partial charge in [0, 0.05) is 5.02 Å². The molecule has 0 heterocycles. The lowest BCUT2D eigenvalue weighted by Crippen LogP contribution is -2.04. The molecular weight excluding hydrogens is 258 g/mol. The first kappa shape index (κ1) is 13.9. The second kappa shape index (κ2) is 6.60. The molecule has 3 heteroatoms. The summed E-state index contributed by atoms with van der Waals surface area (Å²) >= 11 is 6.00. The molecule has 0 radical (unpaired) electrons. The van der Waals surface area contributed by atoms with Crippen LogP contribution < -0.4 is 10.5 Å². The Morgan fingerprint density at radius 1 is 1.11 bits per heavy atom. The van der Waals surface area contributed by atoms with Gasteiger partial charge in [0.15, 0.2) is 0 Å². The van der Waals surface area contributed by atoms with Crippen LogP contribution in [0, 0.1) is 0 Å². The number of hydrogen-bond donors (Lipinski definition) is 1. The summed E-state index contributed by atoms with van der Waals surface area (Å²) in [4.78, 5) is 0. The fourth-order valence-corrected chi connectivity index (χ4v) is 2.11. The van der Waals surface area contributed by atoms with Gasteiger partial charge in [0.25, 0.3) is 0 Å².